The molecule has 0 bridgehead atoms. The van der Waals surface area contributed by atoms with E-state index in [9.17, 15) is 13.2 Å². The molecule has 2 aromatic heterocycles. The van der Waals surface area contributed by atoms with Gasteiger partial charge in [0.15, 0.2) is 9.84 Å². The van der Waals surface area contributed by atoms with Crippen molar-refractivity contribution in [3.8, 4) is 11.5 Å². The maximum atomic E-state index is 12.6. The van der Waals surface area contributed by atoms with Gasteiger partial charge in [-0.25, -0.2) is 8.42 Å². The van der Waals surface area contributed by atoms with Gasteiger partial charge in [0.05, 0.1) is 10.1 Å². The molecule has 3 aromatic rings. The number of pyridine rings is 1. The number of benzene rings is 1. The van der Waals surface area contributed by atoms with Gasteiger partial charge in [-0.15, -0.1) is 0 Å². The van der Waals surface area contributed by atoms with E-state index in [0.29, 0.717) is 34.4 Å². The third-order valence-electron chi connectivity index (χ3n) is 5.14. The van der Waals surface area contributed by atoms with Crippen LogP contribution in [0, 0.1) is 0 Å². The van der Waals surface area contributed by atoms with Crippen LogP contribution in [0.25, 0.3) is 11.5 Å². The first-order valence-corrected chi connectivity index (χ1v) is 11.4. The molecule has 1 N–H and O–H groups in total. The summed E-state index contributed by atoms with van der Waals surface area (Å²) < 4.78 is 30.4. The van der Waals surface area contributed by atoms with Gasteiger partial charge in [-0.05, 0) is 49.2 Å². The van der Waals surface area contributed by atoms with E-state index < -0.39 is 9.84 Å². The van der Waals surface area contributed by atoms with Gasteiger partial charge in [0, 0.05) is 24.7 Å². The Kier molecular flexibility index (Phi) is 5.89. The van der Waals surface area contributed by atoms with E-state index in [-0.39, 0.29) is 17.6 Å². The van der Waals surface area contributed by atoms with Gasteiger partial charge in [0.2, 0.25) is 17.6 Å². The summed E-state index contributed by atoms with van der Waals surface area (Å²) in [5, 5.41) is 6.35. The highest BCUT2D eigenvalue weighted by Crippen LogP contribution is 2.30. The Morgan fingerprint density at radius 3 is 2.57 bits per heavy atom. The summed E-state index contributed by atoms with van der Waals surface area (Å²) in [6, 6.07) is 11.7. The number of rotatable bonds is 7. The molecule has 8 nitrogen and oxygen atoms in total. The molecule has 2 heterocycles. The smallest absolute Gasteiger partial charge is 0.227 e. The minimum Gasteiger partial charge on any atom is -0.339 e. The van der Waals surface area contributed by atoms with E-state index in [0.717, 1.165) is 25.7 Å². The summed E-state index contributed by atoms with van der Waals surface area (Å²) in [6.07, 6.45) is 5.45. The van der Waals surface area contributed by atoms with Crippen LogP contribution in [0.3, 0.4) is 0 Å². The summed E-state index contributed by atoms with van der Waals surface area (Å²) in [6.45, 7) is 0. The van der Waals surface area contributed by atoms with Gasteiger partial charge < -0.3 is 9.84 Å². The molecule has 9 heteroatoms. The van der Waals surface area contributed by atoms with Crippen molar-refractivity contribution in [2.24, 2.45) is 0 Å². The first-order valence-electron chi connectivity index (χ1n) is 9.90. The standard InChI is InChI=1S/C21H22N4O4S/c26-19(12-13-20-24-21(25-29-20)18-7-3-4-14-22-18)23-15-8-10-17(11-9-15)30(27,28)16-5-1-2-6-16/h3-4,7-11,14,16H,1-2,5-6,12-13H2,(H,23,26). The molecule has 1 aliphatic rings. The molecule has 0 unspecified atom stereocenters. The second kappa shape index (κ2) is 8.74. The molecule has 0 spiro atoms. The van der Waals surface area contributed by atoms with Gasteiger partial charge in [0.1, 0.15) is 5.69 Å². The Balaban J connectivity index is 1.32. The predicted octanol–water partition coefficient (Wildman–Crippen LogP) is 3.42. The minimum absolute atomic E-state index is 0.159. The average molecular weight is 426 g/mol. The summed E-state index contributed by atoms with van der Waals surface area (Å²) in [4.78, 5) is 20.9. The Labute approximate surface area is 174 Å². The van der Waals surface area contributed by atoms with Crippen molar-refractivity contribution in [3.05, 3.63) is 54.6 Å². The SMILES string of the molecule is O=C(CCc1nc(-c2ccccn2)no1)Nc1ccc(S(=O)(=O)C2CCCC2)cc1. The number of carbonyl (C=O) groups excluding carboxylic acids is 1. The lowest BCUT2D eigenvalue weighted by atomic mass is 10.2. The van der Waals surface area contributed by atoms with Crippen molar-refractivity contribution in [2.75, 3.05) is 5.32 Å². The van der Waals surface area contributed by atoms with E-state index in [2.05, 4.69) is 20.4 Å². The molecule has 0 radical (unpaired) electrons. The lowest BCUT2D eigenvalue weighted by molar-refractivity contribution is -0.116. The van der Waals surface area contributed by atoms with Crippen LogP contribution >= 0.6 is 0 Å². The fourth-order valence-electron chi connectivity index (χ4n) is 3.52. The number of aromatic nitrogens is 3. The highest BCUT2D eigenvalue weighted by molar-refractivity contribution is 7.92. The van der Waals surface area contributed by atoms with Gasteiger partial charge in [-0.3, -0.25) is 9.78 Å². The molecule has 0 saturated heterocycles. The number of nitrogens with zero attached hydrogens (tertiary/aromatic N) is 3. The number of sulfone groups is 1. The predicted molar refractivity (Wildman–Crippen MR) is 110 cm³/mol. The van der Waals surface area contributed by atoms with Crippen molar-refractivity contribution in [1.82, 2.24) is 15.1 Å². The quantitative estimate of drug-likeness (QED) is 0.615. The third kappa shape index (κ3) is 4.56. The largest absolute Gasteiger partial charge is 0.339 e. The van der Waals surface area contributed by atoms with Crippen molar-refractivity contribution < 1.29 is 17.7 Å². The van der Waals surface area contributed by atoms with Crippen LogP contribution in [-0.2, 0) is 21.1 Å². The normalized spacial score (nSPS) is 14.7. The van der Waals surface area contributed by atoms with Gasteiger partial charge >= 0.3 is 0 Å². The molecular formula is C21H22N4O4S. The highest BCUT2D eigenvalue weighted by Gasteiger charge is 2.30. The van der Waals surface area contributed by atoms with E-state index in [4.69, 9.17) is 4.52 Å². The molecule has 1 saturated carbocycles. The molecule has 0 aliphatic heterocycles. The summed E-state index contributed by atoms with van der Waals surface area (Å²) in [5.41, 5.74) is 1.15. The molecule has 30 heavy (non-hydrogen) atoms. The zero-order valence-corrected chi connectivity index (χ0v) is 17.1. The molecule has 0 atom stereocenters. The van der Waals surface area contributed by atoms with E-state index in [1.165, 1.54) is 0 Å². The number of nitrogens with one attached hydrogen (secondary N) is 1. The Morgan fingerprint density at radius 1 is 1.10 bits per heavy atom. The third-order valence-corrected chi connectivity index (χ3v) is 7.41. The van der Waals surface area contributed by atoms with Crippen LogP contribution in [0.15, 0.2) is 58.1 Å². The lowest BCUT2D eigenvalue weighted by Crippen LogP contribution is -2.18. The number of carbonyl (C=O) groups is 1. The van der Waals surface area contributed by atoms with Crippen molar-refractivity contribution in [3.63, 3.8) is 0 Å². The molecule has 1 aliphatic carbocycles. The number of hydrogen-bond acceptors (Lipinski definition) is 7. The molecule has 156 valence electrons. The summed E-state index contributed by atoms with van der Waals surface area (Å²) in [5.74, 6) is 0.507. The van der Waals surface area contributed by atoms with Crippen LogP contribution in [0.5, 0.6) is 0 Å². The fourth-order valence-corrected chi connectivity index (χ4v) is 5.37. The maximum absolute atomic E-state index is 12.6. The highest BCUT2D eigenvalue weighted by atomic mass is 32.2. The van der Waals surface area contributed by atoms with Crippen molar-refractivity contribution >= 4 is 21.4 Å². The number of aryl methyl sites for hydroxylation is 1. The minimum atomic E-state index is -3.30. The van der Waals surface area contributed by atoms with Crippen LogP contribution in [-0.4, -0.2) is 34.7 Å². The topological polar surface area (TPSA) is 115 Å². The molecule has 1 fully saturated rings. The zero-order valence-electron chi connectivity index (χ0n) is 16.3. The van der Waals surface area contributed by atoms with Crippen LogP contribution in [0.2, 0.25) is 0 Å². The number of anilines is 1. The number of hydrogen-bond donors (Lipinski definition) is 1. The zero-order chi connectivity index (χ0) is 21.0. The van der Waals surface area contributed by atoms with Crippen LogP contribution in [0.4, 0.5) is 5.69 Å². The molecular weight excluding hydrogens is 404 g/mol. The lowest BCUT2D eigenvalue weighted by Gasteiger charge is -2.12. The Morgan fingerprint density at radius 2 is 1.87 bits per heavy atom. The first kappa shape index (κ1) is 20.2. The van der Waals surface area contributed by atoms with E-state index in [1.807, 2.05) is 6.07 Å². The second-order valence-corrected chi connectivity index (χ2v) is 9.48. The maximum Gasteiger partial charge on any atom is 0.227 e. The molecule has 4 rings (SSSR count). The number of amides is 1. The average Bonchev–Trinajstić information content (AvgIpc) is 3.46. The van der Waals surface area contributed by atoms with Gasteiger partial charge in [0.25, 0.3) is 0 Å². The first-order chi connectivity index (χ1) is 14.5. The van der Waals surface area contributed by atoms with Crippen LogP contribution in [0.1, 0.15) is 38.0 Å². The van der Waals surface area contributed by atoms with Crippen LogP contribution < -0.4 is 5.32 Å². The van der Waals surface area contributed by atoms with Gasteiger partial charge in [-0.1, -0.05) is 24.1 Å². The summed E-state index contributed by atoms with van der Waals surface area (Å²) >= 11 is 0. The molecule has 1 amide bonds. The van der Waals surface area contributed by atoms with Crippen molar-refractivity contribution in [2.45, 2.75) is 48.7 Å². The fraction of sp³-hybridized carbons (Fsp3) is 0.333. The Hall–Kier alpha value is -3.07. The van der Waals surface area contributed by atoms with E-state index in [1.54, 1.807) is 42.6 Å². The van der Waals surface area contributed by atoms with Gasteiger partial charge in [-0.2, -0.15) is 4.98 Å². The Bertz CT molecular complexity index is 1110. The van der Waals surface area contributed by atoms with E-state index >= 15 is 0 Å². The monoisotopic (exact) mass is 426 g/mol. The molecule has 1 aromatic carbocycles. The van der Waals surface area contributed by atoms with Crippen molar-refractivity contribution in [1.29, 1.82) is 0 Å². The summed E-state index contributed by atoms with van der Waals surface area (Å²) in [7, 11) is -3.30. The second-order valence-electron chi connectivity index (χ2n) is 7.25.